The van der Waals surface area contributed by atoms with Crippen LogP contribution in [-0.4, -0.2) is 4.92 Å². The first-order chi connectivity index (χ1) is 4.76. The highest BCUT2D eigenvalue weighted by Gasteiger charge is 2.28. The van der Waals surface area contributed by atoms with Gasteiger partial charge in [0.2, 0.25) is 5.70 Å². The minimum absolute atomic E-state index is 0.296. The Kier molecular flexibility index (Phi) is 2.79. The minimum atomic E-state index is -0.359. The fraction of sp³-hybridized carbons (Fsp3) is 0.750. The molecule has 0 fully saturated rings. The Hall–Kier alpha value is -0.860. The smallest absolute Gasteiger partial charge is 0.250 e. The third kappa shape index (κ3) is 2.70. The summed E-state index contributed by atoms with van der Waals surface area (Å²) >= 11 is 0. The molecule has 3 nitrogen and oxygen atoms in total. The molecule has 0 aliphatic heterocycles. The first-order valence-corrected chi connectivity index (χ1v) is 3.59. The van der Waals surface area contributed by atoms with Crippen LogP contribution >= 0.6 is 0 Å². The van der Waals surface area contributed by atoms with Crippen molar-refractivity contribution in [3.05, 3.63) is 21.4 Å². The summed E-state index contributed by atoms with van der Waals surface area (Å²) in [6, 6.07) is 0. The highest BCUT2D eigenvalue weighted by atomic mass is 16.6. The second kappa shape index (κ2) is 3.03. The van der Waals surface area contributed by atoms with Crippen LogP contribution in [0.15, 0.2) is 11.3 Å². The van der Waals surface area contributed by atoms with Gasteiger partial charge in [-0.3, -0.25) is 10.1 Å². The summed E-state index contributed by atoms with van der Waals surface area (Å²) in [5.41, 5.74) is 0.738. The first-order valence-electron chi connectivity index (χ1n) is 3.59. The van der Waals surface area contributed by atoms with Crippen molar-refractivity contribution in [3.8, 4) is 0 Å². The molecule has 0 amide bonds. The molecule has 0 saturated heterocycles. The maximum absolute atomic E-state index is 10.5. The van der Waals surface area contributed by atoms with Crippen molar-refractivity contribution in [1.29, 1.82) is 0 Å². The molecule has 0 bridgehead atoms. The van der Waals surface area contributed by atoms with Gasteiger partial charge in [0, 0.05) is 0 Å². The SMILES string of the molecule is CC(C)=C([N+](=O)[O-])C(C)(C)C. The van der Waals surface area contributed by atoms with E-state index in [9.17, 15) is 10.1 Å². The molecule has 0 saturated carbocycles. The fourth-order valence-corrected chi connectivity index (χ4v) is 1.21. The Morgan fingerprint density at radius 3 is 1.64 bits per heavy atom. The molecule has 0 aliphatic rings. The number of hydrogen-bond acceptors (Lipinski definition) is 2. The van der Waals surface area contributed by atoms with E-state index >= 15 is 0 Å². The second-order valence-corrected chi connectivity index (χ2v) is 3.86. The number of rotatable bonds is 1. The van der Waals surface area contributed by atoms with E-state index in [-0.39, 0.29) is 10.3 Å². The largest absolute Gasteiger partial charge is 0.259 e. The lowest BCUT2D eigenvalue weighted by atomic mass is 9.90. The van der Waals surface area contributed by atoms with Crippen LogP contribution in [0.5, 0.6) is 0 Å². The quantitative estimate of drug-likeness (QED) is 0.433. The summed E-state index contributed by atoms with van der Waals surface area (Å²) < 4.78 is 0. The van der Waals surface area contributed by atoms with Gasteiger partial charge in [0.05, 0.1) is 10.3 Å². The lowest BCUT2D eigenvalue weighted by Gasteiger charge is -2.15. The summed E-state index contributed by atoms with van der Waals surface area (Å²) in [7, 11) is 0. The third-order valence-electron chi connectivity index (χ3n) is 1.37. The predicted octanol–water partition coefficient (Wildman–Crippen LogP) is 2.60. The van der Waals surface area contributed by atoms with Gasteiger partial charge < -0.3 is 0 Å². The van der Waals surface area contributed by atoms with E-state index < -0.39 is 0 Å². The van der Waals surface area contributed by atoms with Gasteiger partial charge in [-0.1, -0.05) is 0 Å². The number of nitrogens with zero attached hydrogens (tertiary/aromatic N) is 1. The Labute approximate surface area is 67.3 Å². The number of nitro groups is 1. The van der Waals surface area contributed by atoms with Crippen molar-refractivity contribution in [3.63, 3.8) is 0 Å². The zero-order valence-electron chi connectivity index (χ0n) is 7.76. The third-order valence-corrected chi connectivity index (χ3v) is 1.37. The van der Waals surface area contributed by atoms with Gasteiger partial charge in [0.25, 0.3) is 0 Å². The molecule has 0 N–H and O–H groups in total. The van der Waals surface area contributed by atoms with E-state index in [0.717, 1.165) is 5.57 Å². The summed E-state index contributed by atoms with van der Waals surface area (Å²) in [4.78, 5) is 10.2. The van der Waals surface area contributed by atoms with Gasteiger partial charge in [-0.15, -0.1) is 0 Å². The van der Waals surface area contributed by atoms with Crippen LogP contribution in [0.3, 0.4) is 0 Å². The monoisotopic (exact) mass is 157 g/mol. The topological polar surface area (TPSA) is 43.1 Å². The molecule has 0 aromatic carbocycles. The average Bonchev–Trinajstić information content (AvgIpc) is 1.54. The maximum Gasteiger partial charge on any atom is 0.250 e. The number of hydrogen-bond donors (Lipinski definition) is 0. The zero-order valence-corrected chi connectivity index (χ0v) is 7.76. The molecular formula is C8H15NO2. The van der Waals surface area contributed by atoms with Crippen LogP contribution in [0, 0.1) is 15.5 Å². The number of allylic oxidation sites excluding steroid dienone is 2. The molecule has 64 valence electrons. The molecule has 0 aliphatic carbocycles. The van der Waals surface area contributed by atoms with Crippen molar-refractivity contribution in [2.45, 2.75) is 34.6 Å². The maximum atomic E-state index is 10.5. The molecule has 3 heteroatoms. The van der Waals surface area contributed by atoms with Crippen LogP contribution in [0.2, 0.25) is 0 Å². The normalized spacial score (nSPS) is 11.0. The molecule has 0 aromatic heterocycles. The van der Waals surface area contributed by atoms with Crippen molar-refractivity contribution in [2.75, 3.05) is 0 Å². The van der Waals surface area contributed by atoms with Gasteiger partial charge in [0.15, 0.2) is 0 Å². The molecule has 0 rings (SSSR count). The summed E-state index contributed by atoms with van der Waals surface area (Å²) in [5.74, 6) is 0. The summed E-state index contributed by atoms with van der Waals surface area (Å²) in [6.45, 7) is 9.07. The molecular weight excluding hydrogens is 142 g/mol. The minimum Gasteiger partial charge on any atom is -0.259 e. The lowest BCUT2D eigenvalue weighted by molar-refractivity contribution is -0.440. The Morgan fingerprint density at radius 2 is 1.64 bits per heavy atom. The van der Waals surface area contributed by atoms with Gasteiger partial charge in [-0.05, 0) is 40.2 Å². The van der Waals surface area contributed by atoms with Gasteiger partial charge in [-0.25, -0.2) is 0 Å². The Bertz CT molecular complexity index is 195. The van der Waals surface area contributed by atoms with Crippen molar-refractivity contribution < 1.29 is 4.92 Å². The van der Waals surface area contributed by atoms with Gasteiger partial charge in [0.1, 0.15) is 0 Å². The lowest BCUT2D eigenvalue weighted by Crippen LogP contribution is -2.18. The molecule has 0 unspecified atom stereocenters. The summed E-state index contributed by atoms with van der Waals surface area (Å²) in [6.07, 6.45) is 0. The fourth-order valence-electron chi connectivity index (χ4n) is 1.21. The standard InChI is InChI=1S/C8H15NO2/c1-6(2)7(9(10)11)8(3,4)5/h1-5H3. The van der Waals surface area contributed by atoms with Crippen molar-refractivity contribution >= 4 is 0 Å². The molecule has 0 heterocycles. The summed E-state index contributed by atoms with van der Waals surface area (Å²) in [5, 5.41) is 10.5. The van der Waals surface area contributed by atoms with Gasteiger partial charge >= 0.3 is 0 Å². The van der Waals surface area contributed by atoms with Crippen LogP contribution in [0.1, 0.15) is 34.6 Å². The van der Waals surface area contributed by atoms with E-state index in [2.05, 4.69) is 0 Å². The Morgan fingerprint density at radius 1 is 1.27 bits per heavy atom. The second-order valence-electron chi connectivity index (χ2n) is 3.86. The first kappa shape index (κ1) is 10.1. The van der Waals surface area contributed by atoms with Crippen LogP contribution in [-0.2, 0) is 0 Å². The van der Waals surface area contributed by atoms with Crippen LogP contribution < -0.4 is 0 Å². The van der Waals surface area contributed by atoms with E-state index in [0.29, 0.717) is 5.70 Å². The van der Waals surface area contributed by atoms with E-state index in [1.54, 1.807) is 13.8 Å². The van der Waals surface area contributed by atoms with Gasteiger partial charge in [-0.2, -0.15) is 0 Å². The molecule has 0 atom stereocenters. The Balaban J connectivity index is 4.96. The molecule has 0 spiro atoms. The van der Waals surface area contributed by atoms with E-state index in [1.165, 1.54) is 0 Å². The van der Waals surface area contributed by atoms with Crippen molar-refractivity contribution in [2.24, 2.45) is 5.41 Å². The highest BCUT2D eigenvalue weighted by molar-refractivity contribution is 5.08. The highest BCUT2D eigenvalue weighted by Crippen LogP contribution is 2.27. The van der Waals surface area contributed by atoms with E-state index in [4.69, 9.17) is 0 Å². The molecule has 0 aromatic rings. The zero-order chi connectivity index (χ0) is 9.23. The average molecular weight is 157 g/mol. The molecule has 0 radical (unpaired) electrons. The molecule has 11 heavy (non-hydrogen) atoms. The predicted molar refractivity (Wildman–Crippen MR) is 44.8 cm³/mol. The van der Waals surface area contributed by atoms with Crippen molar-refractivity contribution in [1.82, 2.24) is 0 Å². The van der Waals surface area contributed by atoms with Crippen LogP contribution in [0.4, 0.5) is 0 Å². The van der Waals surface area contributed by atoms with E-state index in [1.807, 2.05) is 20.8 Å². The van der Waals surface area contributed by atoms with Crippen LogP contribution in [0.25, 0.3) is 0 Å².